The van der Waals surface area contributed by atoms with E-state index in [1.807, 2.05) is 0 Å². The quantitative estimate of drug-likeness (QED) is 0.107. The van der Waals surface area contributed by atoms with Crippen LogP contribution in [0.25, 0.3) is 77.2 Å². The summed E-state index contributed by atoms with van der Waals surface area (Å²) in [6.45, 7) is 0. The molecule has 0 saturated carbocycles. The van der Waals surface area contributed by atoms with Gasteiger partial charge in [0, 0.05) is 38.4 Å². The van der Waals surface area contributed by atoms with E-state index in [0.29, 0.717) is 0 Å². The highest BCUT2D eigenvalue weighted by Gasteiger charge is 2.43. The number of fused-ring (bicyclic) bond motifs is 6. The Bertz CT molecular complexity index is 3440. The zero-order valence-corrected chi connectivity index (χ0v) is 35.6. The molecule has 0 unspecified atom stereocenters. The first-order chi connectivity index (χ1) is 31.3. The van der Waals surface area contributed by atoms with E-state index in [4.69, 9.17) is 0 Å². The van der Waals surface area contributed by atoms with Gasteiger partial charge in [0.25, 0.3) is 0 Å². The Labute approximate surface area is 368 Å². The summed E-state index contributed by atoms with van der Waals surface area (Å²) in [5.41, 5.74) is 11.9. The molecule has 2 nitrogen and oxygen atoms in total. The van der Waals surface area contributed by atoms with Crippen molar-refractivity contribution in [3.8, 4) is 33.6 Å². The van der Waals surface area contributed by atoms with Gasteiger partial charge in [-0.15, -0.1) is 0 Å². The highest BCUT2D eigenvalue weighted by atomic mass is 28.3. The molecule has 0 aliphatic rings. The average molecular weight is 819 g/mol. The van der Waals surface area contributed by atoms with Crippen LogP contribution in [-0.2, 0) is 0 Å². The van der Waals surface area contributed by atoms with E-state index in [-0.39, 0.29) is 0 Å². The van der Waals surface area contributed by atoms with Crippen molar-refractivity contribution in [2.24, 2.45) is 0 Å². The summed E-state index contributed by atoms with van der Waals surface area (Å²) in [5.74, 6) is 0. The molecular formula is C60H42N2Si. The maximum atomic E-state index is 2.56. The van der Waals surface area contributed by atoms with Crippen molar-refractivity contribution in [1.29, 1.82) is 0 Å². The van der Waals surface area contributed by atoms with E-state index in [2.05, 4.69) is 264 Å². The number of hydrogen-bond donors (Lipinski definition) is 0. The van der Waals surface area contributed by atoms with Crippen molar-refractivity contribution < 1.29 is 0 Å². The van der Waals surface area contributed by atoms with Gasteiger partial charge in [0.15, 0.2) is 8.07 Å². The third-order valence-corrected chi connectivity index (χ3v) is 17.9. The number of nitrogens with zero attached hydrogens (tertiary/aromatic N) is 2. The lowest BCUT2D eigenvalue weighted by molar-refractivity contribution is 1.17. The summed E-state index contributed by atoms with van der Waals surface area (Å²) >= 11 is 0. The molecule has 0 radical (unpaired) electrons. The molecule has 296 valence electrons. The maximum Gasteiger partial charge on any atom is 0.181 e. The van der Waals surface area contributed by atoms with Crippen molar-refractivity contribution in [1.82, 2.24) is 9.13 Å². The van der Waals surface area contributed by atoms with Gasteiger partial charge in [-0.2, -0.15) is 0 Å². The molecule has 0 fully saturated rings. The molecule has 0 atom stereocenters. The molecule has 12 aromatic rings. The zero-order chi connectivity index (χ0) is 41.7. The van der Waals surface area contributed by atoms with Crippen molar-refractivity contribution in [2.75, 3.05) is 0 Å². The Morgan fingerprint density at radius 3 is 1.24 bits per heavy atom. The number of hydrogen-bond acceptors (Lipinski definition) is 0. The smallest absolute Gasteiger partial charge is 0.181 e. The van der Waals surface area contributed by atoms with Gasteiger partial charge in [0.2, 0.25) is 0 Å². The topological polar surface area (TPSA) is 9.86 Å². The lowest BCUT2D eigenvalue weighted by Gasteiger charge is -2.35. The van der Waals surface area contributed by atoms with Crippen LogP contribution in [0.2, 0.25) is 0 Å². The van der Waals surface area contributed by atoms with Crippen LogP contribution in [0.1, 0.15) is 0 Å². The number of aromatic nitrogens is 2. The fourth-order valence-electron chi connectivity index (χ4n) is 10.4. The predicted molar refractivity (Wildman–Crippen MR) is 270 cm³/mol. The molecule has 2 aromatic heterocycles. The summed E-state index contributed by atoms with van der Waals surface area (Å²) < 4.78 is 5.07. The lowest BCUT2D eigenvalue weighted by atomic mass is 9.95. The van der Waals surface area contributed by atoms with Gasteiger partial charge < -0.3 is 9.13 Å². The summed E-state index contributed by atoms with van der Waals surface area (Å²) in [6, 6.07) is 94.3. The van der Waals surface area contributed by atoms with E-state index in [1.54, 1.807) is 0 Å². The van der Waals surface area contributed by atoms with Crippen LogP contribution in [0, 0.1) is 0 Å². The summed E-state index contributed by atoms with van der Waals surface area (Å²) in [6.07, 6.45) is 0. The second kappa shape index (κ2) is 15.2. The fourth-order valence-corrected chi connectivity index (χ4v) is 15.4. The van der Waals surface area contributed by atoms with Crippen LogP contribution in [0.5, 0.6) is 0 Å². The molecule has 0 aliphatic heterocycles. The van der Waals surface area contributed by atoms with Crippen LogP contribution >= 0.6 is 0 Å². The number of rotatable bonds is 8. The second-order valence-electron chi connectivity index (χ2n) is 16.4. The molecule has 0 spiro atoms. The van der Waals surface area contributed by atoms with E-state index < -0.39 is 8.07 Å². The summed E-state index contributed by atoms with van der Waals surface area (Å²) in [4.78, 5) is 0. The highest BCUT2D eigenvalue weighted by Crippen LogP contribution is 2.42. The second-order valence-corrected chi connectivity index (χ2v) is 20.2. The van der Waals surface area contributed by atoms with Gasteiger partial charge in [-0.05, 0) is 62.2 Å². The van der Waals surface area contributed by atoms with E-state index in [0.717, 1.165) is 5.69 Å². The molecule has 2 heterocycles. The van der Waals surface area contributed by atoms with Crippen molar-refractivity contribution in [3.05, 3.63) is 255 Å². The lowest BCUT2D eigenvalue weighted by Crippen LogP contribution is -2.75. The normalized spacial score (nSPS) is 11.8. The highest BCUT2D eigenvalue weighted by molar-refractivity contribution is 7.20. The van der Waals surface area contributed by atoms with Gasteiger partial charge in [-0.3, -0.25) is 0 Å². The van der Waals surface area contributed by atoms with Crippen LogP contribution in [0.3, 0.4) is 0 Å². The van der Waals surface area contributed by atoms with E-state index in [9.17, 15) is 0 Å². The molecule has 0 N–H and O–H groups in total. The van der Waals surface area contributed by atoms with Gasteiger partial charge in [0.05, 0.1) is 27.8 Å². The van der Waals surface area contributed by atoms with Crippen LogP contribution in [0.15, 0.2) is 255 Å². The zero-order valence-electron chi connectivity index (χ0n) is 34.6. The largest absolute Gasteiger partial charge is 0.309 e. The van der Waals surface area contributed by atoms with Crippen molar-refractivity contribution >= 4 is 72.4 Å². The Balaban J connectivity index is 1.19. The SMILES string of the molecule is c1ccc(-c2cccc(-c3ccccc3)c2-n2c3ccccc3c3cc(-n4c5ccccc5c5cccc([Si](c6ccccc6)(c6ccccc6)c6ccccc6)c54)ccc32)cc1. The number of benzene rings is 10. The average Bonchev–Trinajstić information content (AvgIpc) is 3.88. The summed E-state index contributed by atoms with van der Waals surface area (Å²) in [5, 5.41) is 10.4. The van der Waals surface area contributed by atoms with Crippen LogP contribution in [-0.4, -0.2) is 17.2 Å². The van der Waals surface area contributed by atoms with Crippen LogP contribution < -0.4 is 20.7 Å². The predicted octanol–water partition coefficient (Wildman–Crippen LogP) is 12.6. The van der Waals surface area contributed by atoms with Gasteiger partial charge in [-0.25, -0.2) is 0 Å². The molecule has 63 heavy (non-hydrogen) atoms. The van der Waals surface area contributed by atoms with Crippen LogP contribution in [0.4, 0.5) is 0 Å². The third-order valence-electron chi connectivity index (χ3n) is 13.1. The Morgan fingerprint density at radius 1 is 0.286 bits per heavy atom. The number of para-hydroxylation sites is 4. The van der Waals surface area contributed by atoms with Gasteiger partial charge in [0.1, 0.15) is 0 Å². The first kappa shape index (κ1) is 36.8. The van der Waals surface area contributed by atoms with E-state index >= 15 is 0 Å². The molecule has 3 heteroatoms. The molecule has 10 aromatic carbocycles. The molecule has 12 rings (SSSR count). The minimum absolute atomic E-state index is 1.14. The molecule has 0 aliphatic carbocycles. The monoisotopic (exact) mass is 818 g/mol. The first-order valence-electron chi connectivity index (χ1n) is 21.8. The first-order valence-corrected chi connectivity index (χ1v) is 23.8. The van der Waals surface area contributed by atoms with E-state index in [1.165, 1.54) is 92.3 Å². The molecule has 0 saturated heterocycles. The van der Waals surface area contributed by atoms with Crippen molar-refractivity contribution in [3.63, 3.8) is 0 Å². The van der Waals surface area contributed by atoms with Crippen molar-refractivity contribution in [2.45, 2.75) is 0 Å². The Kier molecular flexibility index (Phi) is 8.87. The maximum absolute atomic E-state index is 2.93. The molecule has 0 bridgehead atoms. The minimum Gasteiger partial charge on any atom is -0.309 e. The molecule has 0 amide bonds. The standard InChI is InChI=1S/C60H42N2Si/c1-6-22-43(23-7-1)49-34-20-35-50(44-24-8-2-9-25-44)59(49)62-56-38-19-17-33-52(56)54-42-45(40-41-57(54)62)61-55-37-18-16-32-51(55)53-36-21-39-58(60(53)61)63(46-26-10-3-11-27-46,47-28-12-4-13-29-47)48-30-14-5-15-31-48/h1-42H. The Morgan fingerprint density at radius 2 is 0.698 bits per heavy atom. The minimum atomic E-state index is -2.93. The van der Waals surface area contributed by atoms with Gasteiger partial charge >= 0.3 is 0 Å². The third kappa shape index (κ3) is 5.78. The molecular weight excluding hydrogens is 777 g/mol. The summed E-state index contributed by atoms with van der Waals surface area (Å²) in [7, 11) is -2.93. The van der Waals surface area contributed by atoms with Gasteiger partial charge in [-0.1, -0.05) is 224 Å². The fraction of sp³-hybridized carbons (Fsp3) is 0. The Hall–Kier alpha value is -7.98.